The number of unbranched alkanes of at least 4 members (excludes halogenated alkanes) is 11. The number of guanidine groups is 1. The number of nitrogens with zero attached hydrogens (tertiary/aromatic N) is 1. The molecule has 1 saturated heterocycles. The van der Waals surface area contributed by atoms with Gasteiger partial charge in [0.15, 0.2) is 0 Å². The normalized spacial score (nSPS) is 24.2. The largest absolute Gasteiger partial charge is 0.465 e. The molecular weight excluding hydrogens is 658 g/mol. The number of nitrogens with one attached hydrogen (secondary N) is 3. The summed E-state index contributed by atoms with van der Waals surface area (Å²) >= 11 is 0. The number of carbonyl (C=O) groups is 2. The lowest BCUT2D eigenvalue weighted by atomic mass is 9.85. The number of rotatable bonds is 29. The van der Waals surface area contributed by atoms with Crippen LogP contribution in [0, 0.1) is 5.92 Å². The lowest BCUT2D eigenvalue weighted by molar-refractivity contribution is -0.598. The first-order chi connectivity index (χ1) is 25.2. The van der Waals surface area contributed by atoms with E-state index in [2.05, 4.69) is 26.6 Å². The highest BCUT2D eigenvalue weighted by molar-refractivity contribution is 5.81. The molecule has 1 fully saturated rings. The van der Waals surface area contributed by atoms with Crippen molar-refractivity contribution in [3.05, 3.63) is 12.2 Å². The van der Waals surface area contributed by atoms with E-state index in [1.165, 1.54) is 44.9 Å². The number of allylic oxidation sites excluding steroid dienone is 1. The molecule has 3 aliphatic rings. The zero-order valence-corrected chi connectivity index (χ0v) is 32.7. The van der Waals surface area contributed by atoms with Crippen molar-refractivity contribution >= 4 is 17.8 Å². The van der Waals surface area contributed by atoms with Gasteiger partial charge in [-0.2, -0.15) is 0 Å². The minimum absolute atomic E-state index is 0.00938. The number of amides is 1. The molecule has 52 heavy (non-hydrogen) atoms. The molecule has 0 aromatic carbocycles. The van der Waals surface area contributed by atoms with Crippen LogP contribution >= 0.6 is 0 Å². The zero-order chi connectivity index (χ0) is 37.6. The van der Waals surface area contributed by atoms with Gasteiger partial charge in [0, 0.05) is 13.0 Å². The number of nitrogens with two attached hydrogens (primary N) is 1. The summed E-state index contributed by atoms with van der Waals surface area (Å²) in [6.45, 7) is 5.37. The Labute approximate surface area is 315 Å². The van der Waals surface area contributed by atoms with Crippen molar-refractivity contribution in [1.82, 2.24) is 16.0 Å². The maximum Gasteiger partial charge on any atom is 0.346 e. The number of hydrogen-bond donors (Lipinski definition) is 7. The summed E-state index contributed by atoms with van der Waals surface area (Å²) in [6.07, 6.45) is 25.6. The highest BCUT2D eigenvalue weighted by Gasteiger charge is 2.53. The van der Waals surface area contributed by atoms with Crippen LogP contribution in [-0.2, 0) is 14.3 Å². The molecule has 11 nitrogen and oxygen atoms in total. The fraction of sp³-hybridized carbons (Fsp3) is 0.878. The van der Waals surface area contributed by atoms with Crippen molar-refractivity contribution in [3.63, 3.8) is 0 Å². The van der Waals surface area contributed by atoms with Gasteiger partial charge in [-0.05, 0) is 84.1 Å². The summed E-state index contributed by atoms with van der Waals surface area (Å²) in [4.78, 5) is 25.5. The summed E-state index contributed by atoms with van der Waals surface area (Å²) in [5, 5.41) is 39.9. The van der Waals surface area contributed by atoms with E-state index in [4.69, 9.17) is 10.5 Å². The van der Waals surface area contributed by atoms with Crippen molar-refractivity contribution in [2.75, 3.05) is 19.7 Å². The molecule has 0 aromatic heterocycles. The summed E-state index contributed by atoms with van der Waals surface area (Å²) in [5.74, 6) is 0.519. The van der Waals surface area contributed by atoms with Crippen LogP contribution in [-0.4, -0.2) is 99.9 Å². The number of esters is 1. The third kappa shape index (κ3) is 16.0. The molecule has 0 aromatic rings. The predicted octanol–water partition coefficient (Wildman–Crippen LogP) is 4.93. The first-order valence-corrected chi connectivity index (χ1v) is 21.3. The van der Waals surface area contributed by atoms with Crippen LogP contribution in [0.4, 0.5) is 0 Å². The second-order valence-corrected chi connectivity index (χ2v) is 15.8. The van der Waals surface area contributed by atoms with E-state index in [9.17, 15) is 24.9 Å². The molecule has 0 radical (unpaired) electrons. The summed E-state index contributed by atoms with van der Waals surface area (Å²) in [5.41, 5.74) is 5.43. The Morgan fingerprint density at radius 2 is 1.58 bits per heavy atom. The van der Waals surface area contributed by atoms with Crippen LogP contribution in [0.3, 0.4) is 0 Å². The number of hydrogen-bond acceptors (Lipinski definition) is 9. The van der Waals surface area contributed by atoms with E-state index in [0.717, 1.165) is 102 Å². The summed E-state index contributed by atoms with van der Waals surface area (Å²) in [7, 11) is 0. The van der Waals surface area contributed by atoms with Crippen molar-refractivity contribution in [3.8, 4) is 0 Å². The van der Waals surface area contributed by atoms with Gasteiger partial charge in [0.2, 0.25) is 5.91 Å². The van der Waals surface area contributed by atoms with Gasteiger partial charge < -0.3 is 31.1 Å². The molecule has 11 heteroatoms. The van der Waals surface area contributed by atoms with Crippen molar-refractivity contribution < 1.29 is 34.2 Å². The van der Waals surface area contributed by atoms with Crippen molar-refractivity contribution in [2.24, 2.45) is 11.7 Å². The Hall–Kier alpha value is -2.21. The predicted molar refractivity (Wildman–Crippen MR) is 208 cm³/mol. The molecule has 300 valence electrons. The topological polar surface area (TPSA) is 169 Å². The van der Waals surface area contributed by atoms with Crippen LogP contribution in [0.25, 0.3) is 0 Å². The average molecular weight is 735 g/mol. The van der Waals surface area contributed by atoms with Gasteiger partial charge in [-0.25, -0.2) is 0 Å². The van der Waals surface area contributed by atoms with E-state index >= 15 is 0 Å². The Morgan fingerprint density at radius 3 is 2.23 bits per heavy atom. The number of carbonyl (C=O) groups excluding carboxylic acids is 2. The summed E-state index contributed by atoms with van der Waals surface area (Å²) < 4.78 is 8.43. The Morgan fingerprint density at radius 1 is 0.904 bits per heavy atom. The van der Waals surface area contributed by atoms with Crippen molar-refractivity contribution in [1.29, 1.82) is 0 Å². The molecule has 0 bridgehead atoms. The van der Waals surface area contributed by atoms with Crippen LogP contribution in [0.2, 0.25) is 0 Å². The standard InChI is InChI=1S/C41H75N5O6/c1-3-34(48)22-16-15-21-32-30-33-25-26-36-38(35(23-18-20-31(2)47)45-41(44-32)46(33)36)40(51)52-29-17-13-11-9-7-5-4-6-8-10-12-14-24-37(49)39(50)43-28-19-27-42/h16,22,31-38,47-49H,3-15,17-21,23-30,42H2,1-2H3,(H2,43,44,45,50)/p+1/b22-16-/t31-,32?,33+,34+,35?,36-,37-,38-/m0/s1. The summed E-state index contributed by atoms with van der Waals surface area (Å²) in [6, 6.07) is 0.931. The fourth-order valence-corrected chi connectivity index (χ4v) is 8.27. The Bertz CT molecular complexity index is 1070. The number of ether oxygens (including phenoxy) is 1. The number of aliphatic hydroxyl groups is 3. The average Bonchev–Trinajstić information content (AvgIpc) is 3.55. The molecule has 2 unspecified atom stereocenters. The number of aliphatic hydroxyl groups excluding tert-OH is 3. The van der Waals surface area contributed by atoms with E-state index in [1.807, 2.05) is 19.9 Å². The maximum absolute atomic E-state index is 13.7. The quantitative estimate of drug-likeness (QED) is 0.0244. The minimum atomic E-state index is -0.904. The Kier molecular flexibility index (Phi) is 21.9. The van der Waals surface area contributed by atoms with Crippen molar-refractivity contribution in [2.45, 2.75) is 204 Å². The van der Waals surface area contributed by atoms with E-state index in [0.29, 0.717) is 38.2 Å². The van der Waals surface area contributed by atoms with E-state index in [1.54, 1.807) is 0 Å². The van der Waals surface area contributed by atoms with Crippen LogP contribution < -0.4 is 21.7 Å². The monoisotopic (exact) mass is 735 g/mol. The van der Waals surface area contributed by atoms with E-state index < -0.39 is 6.10 Å². The first-order valence-electron chi connectivity index (χ1n) is 21.3. The van der Waals surface area contributed by atoms with Gasteiger partial charge in [-0.1, -0.05) is 89.7 Å². The van der Waals surface area contributed by atoms with Gasteiger partial charge in [0.1, 0.15) is 12.0 Å². The third-order valence-electron chi connectivity index (χ3n) is 11.3. The lowest BCUT2D eigenvalue weighted by Crippen LogP contribution is -2.66. The van der Waals surface area contributed by atoms with Crippen LogP contribution in [0.15, 0.2) is 12.2 Å². The van der Waals surface area contributed by atoms with Gasteiger partial charge in [-0.3, -0.25) is 24.8 Å². The highest BCUT2D eigenvalue weighted by atomic mass is 16.5. The first kappa shape index (κ1) is 44.2. The van der Waals surface area contributed by atoms with Crippen LogP contribution in [0.5, 0.6) is 0 Å². The van der Waals surface area contributed by atoms with Gasteiger partial charge in [0.25, 0.3) is 0 Å². The molecule has 0 spiro atoms. The van der Waals surface area contributed by atoms with Gasteiger partial charge >= 0.3 is 11.9 Å². The van der Waals surface area contributed by atoms with E-state index in [-0.39, 0.29) is 42.1 Å². The molecular formula is C41H76N5O6+. The third-order valence-corrected chi connectivity index (χ3v) is 11.3. The molecule has 8 N–H and O–H groups in total. The zero-order valence-electron chi connectivity index (χ0n) is 32.7. The molecule has 8 atom stereocenters. The molecule has 3 heterocycles. The molecule has 3 aliphatic heterocycles. The molecule has 0 aliphatic carbocycles. The smallest absolute Gasteiger partial charge is 0.346 e. The SMILES string of the molecule is CC[C@@H](O)/C=C\CCC1C[C@H]2CC[C@H]3[C@@H](C(=O)OCCCCCCCCCCCCCC[C@H](O)C(=O)NCCCN)C(CCC[C@H](C)O)NC(=[N+]23)N1. The lowest BCUT2D eigenvalue weighted by Gasteiger charge is -2.39. The van der Waals surface area contributed by atoms with Gasteiger partial charge in [-0.15, -0.1) is 0 Å². The Balaban J connectivity index is 1.29. The maximum atomic E-state index is 13.7. The fourth-order valence-electron chi connectivity index (χ4n) is 8.27. The molecule has 0 saturated carbocycles. The van der Waals surface area contributed by atoms with Crippen LogP contribution in [0.1, 0.15) is 162 Å². The highest BCUT2D eigenvalue weighted by Crippen LogP contribution is 2.36. The minimum Gasteiger partial charge on any atom is -0.465 e. The molecule has 3 rings (SSSR count). The second kappa shape index (κ2) is 25.7. The molecule has 1 amide bonds. The second-order valence-electron chi connectivity index (χ2n) is 15.8. The van der Waals surface area contributed by atoms with Gasteiger partial charge in [0.05, 0.1) is 43.0 Å².